The summed E-state index contributed by atoms with van der Waals surface area (Å²) in [7, 11) is 0. The van der Waals surface area contributed by atoms with Crippen molar-refractivity contribution in [3.8, 4) is 0 Å². The van der Waals surface area contributed by atoms with E-state index in [1.807, 2.05) is 106 Å². The van der Waals surface area contributed by atoms with Crippen molar-refractivity contribution >= 4 is 92.6 Å². The molecule has 0 saturated heterocycles. The molecule has 300 valence electrons. The molecule has 6 amide bonds. The largest absolute Gasteiger partial charge is 0.480 e. The van der Waals surface area contributed by atoms with Crippen LogP contribution in [0.1, 0.15) is 26.0 Å². The summed E-state index contributed by atoms with van der Waals surface area (Å²) in [5.41, 5.74) is 1.77. The monoisotopic (exact) mass is 986 g/mol. The van der Waals surface area contributed by atoms with Crippen molar-refractivity contribution in [1.82, 2.24) is 31.9 Å². The van der Waals surface area contributed by atoms with Crippen molar-refractivity contribution in [2.45, 2.75) is 40.2 Å². The summed E-state index contributed by atoms with van der Waals surface area (Å²) in [6.45, 7) is -1.56. The number of alkyl halides is 2. The number of aliphatic carboxylic acids is 2. The van der Waals surface area contributed by atoms with Gasteiger partial charge in [0.1, 0.15) is 25.2 Å². The number of hydrogen-bond donors (Lipinski definition) is 8. The Kier molecular flexibility index (Phi) is 29.7. The van der Waals surface area contributed by atoms with Crippen molar-refractivity contribution in [2.75, 3.05) is 48.2 Å². The lowest BCUT2D eigenvalue weighted by molar-refractivity contribution is -0.139. The summed E-state index contributed by atoms with van der Waals surface area (Å²) in [4.78, 5) is 91.4. The average molecular weight is 987 g/mol. The molecule has 20 heteroatoms. The first kappa shape index (κ1) is 51.7. The third-order valence-corrected chi connectivity index (χ3v) is 7.44. The molecule has 0 radical (unpaired) electrons. The van der Waals surface area contributed by atoms with Crippen molar-refractivity contribution in [1.29, 1.82) is 0 Å². The summed E-state index contributed by atoms with van der Waals surface area (Å²) in [6, 6.07) is 16.3. The van der Waals surface area contributed by atoms with Crippen molar-refractivity contribution in [2.24, 2.45) is 0 Å². The summed E-state index contributed by atoms with van der Waals surface area (Å²) in [6.07, 6.45) is 0. The highest BCUT2D eigenvalue weighted by Gasteiger charge is 2.23. The summed E-state index contributed by atoms with van der Waals surface area (Å²) in [5.74, 6) is -5.57. The Balaban J connectivity index is 0. The molecule has 0 spiro atoms. The van der Waals surface area contributed by atoms with E-state index in [1.165, 1.54) is 0 Å². The normalized spacial score (nSPS) is 10.9. The number of rotatable bonds is 22. The SMILES string of the molecule is C.C.O=C(O)CNC(=O)C(COCc1ccccc1)NC(=O)CNC(=O)CI.O=C(O)CNC(=O)C(COCc1ccccc1)NC(=O)CNC(=O)CI. The lowest BCUT2D eigenvalue weighted by Crippen LogP contribution is -2.52. The maximum Gasteiger partial charge on any atom is 0.322 e. The number of carboxylic acids is 2. The minimum Gasteiger partial charge on any atom is -0.480 e. The quantitative estimate of drug-likeness (QED) is 0.0580. The van der Waals surface area contributed by atoms with Gasteiger partial charge in [-0.25, -0.2) is 0 Å². The summed E-state index contributed by atoms with van der Waals surface area (Å²) >= 11 is 3.71. The Labute approximate surface area is 340 Å². The van der Waals surface area contributed by atoms with Crippen LogP contribution in [0.15, 0.2) is 60.7 Å². The Hall–Kier alpha value is -4.42. The maximum atomic E-state index is 12.1. The number of carbonyl (C=O) groups is 8. The number of halogens is 2. The zero-order valence-corrected chi connectivity index (χ0v) is 32.0. The van der Waals surface area contributed by atoms with Gasteiger partial charge in [-0.3, -0.25) is 38.4 Å². The minimum atomic E-state index is -1.21. The first-order valence-corrected chi connectivity index (χ1v) is 18.4. The molecule has 2 rings (SSSR count). The third kappa shape index (κ3) is 25.5. The molecule has 2 aromatic rings. The van der Waals surface area contributed by atoms with Gasteiger partial charge >= 0.3 is 11.9 Å². The standard InChI is InChI=1S/2C16H20IN3O6.2CH4/c2*17-6-13(21)18-7-14(22)20-12(16(25)19-8-15(23)24)10-26-9-11-4-2-1-3-5-11;;/h2*1-5,12H,6-10H2,(H,18,21)(H,19,25)(H,20,22)(H,23,24);2*1H4. The predicted octanol–water partition coefficient (Wildman–Crippen LogP) is 0.152. The highest BCUT2D eigenvalue weighted by atomic mass is 127. The molecule has 18 nitrogen and oxygen atoms in total. The molecule has 2 aromatic carbocycles. The lowest BCUT2D eigenvalue weighted by Gasteiger charge is -2.18. The van der Waals surface area contributed by atoms with Crippen LogP contribution in [-0.4, -0.2) is 118 Å². The van der Waals surface area contributed by atoms with Gasteiger partial charge in [-0.2, -0.15) is 0 Å². The molecule has 0 bridgehead atoms. The number of hydrogen-bond acceptors (Lipinski definition) is 10. The molecule has 0 aliphatic heterocycles. The third-order valence-electron chi connectivity index (χ3n) is 6.06. The fourth-order valence-corrected chi connectivity index (χ4v) is 4.16. The molecule has 0 saturated carbocycles. The summed E-state index contributed by atoms with van der Waals surface area (Å²) in [5, 5.41) is 31.3. The van der Waals surface area contributed by atoms with Gasteiger partial charge in [-0.15, -0.1) is 0 Å². The maximum absolute atomic E-state index is 12.1. The van der Waals surface area contributed by atoms with Crippen molar-refractivity contribution in [3.05, 3.63) is 71.8 Å². The van der Waals surface area contributed by atoms with Gasteiger partial charge in [0.15, 0.2) is 0 Å². The highest BCUT2D eigenvalue weighted by Crippen LogP contribution is 2.02. The molecular formula is C34H48I2N6O12. The smallest absolute Gasteiger partial charge is 0.322 e. The second-order valence-corrected chi connectivity index (χ2v) is 11.8. The second-order valence-electron chi connectivity index (χ2n) is 10.3. The van der Waals surface area contributed by atoms with E-state index < -0.39 is 60.7 Å². The zero-order valence-electron chi connectivity index (χ0n) is 27.7. The van der Waals surface area contributed by atoms with E-state index in [1.54, 1.807) is 0 Å². The number of carbonyl (C=O) groups excluding carboxylic acids is 6. The molecule has 0 heterocycles. The van der Waals surface area contributed by atoms with E-state index in [-0.39, 0.29) is 75.0 Å². The Morgan fingerprint density at radius 2 is 0.852 bits per heavy atom. The Bertz CT molecular complexity index is 1360. The van der Waals surface area contributed by atoms with Gasteiger partial charge < -0.3 is 51.6 Å². The number of nitrogens with one attached hydrogen (secondary N) is 6. The van der Waals surface area contributed by atoms with Crippen LogP contribution >= 0.6 is 45.2 Å². The molecule has 2 unspecified atom stereocenters. The number of ether oxygens (including phenoxy) is 2. The first-order valence-electron chi connectivity index (χ1n) is 15.3. The van der Waals surface area contributed by atoms with Gasteiger partial charge in [0.05, 0.1) is 48.4 Å². The van der Waals surface area contributed by atoms with Crippen LogP contribution in [0, 0.1) is 0 Å². The van der Waals surface area contributed by atoms with Crippen LogP contribution in [0.4, 0.5) is 0 Å². The lowest BCUT2D eigenvalue weighted by atomic mass is 10.2. The van der Waals surface area contributed by atoms with Gasteiger partial charge in [-0.05, 0) is 11.1 Å². The van der Waals surface area contributed by atoms with Crippen molar-refractivity contribution in [3.63, 3.8) is 0 Å². The molecule has 8 N–H and O–H groups in total. The Morgan fingerprint density at radius 3 is 1.15 bits per heavy atom. The van der Waals surface area contributed by atoms with Crippen LogP contribution in [0.5, 0.6) is 0 Å². The second kappa shape index (κ2) is 31.0. The van der Waals surface area contributed by atoms with Crippen LogP contribution in [0.2, 0.25) is 0 Å². The van der Waals surface area contributed by atoms with Gasteiger partial charge in [0, 0.05) is 0 Å². The molecular weight excluding hydrogens is 938 g/mol. The van der Waals surface area contributed by atoms with E-state index in [0.29, 0.717) is 0 Å². The molecule has 0 fully saturated rings. The number of carboxylic acid groups (broad SMARTS) is 2. The fraction of sp³-hybridized carbons (Fsp3) is 0.412. The van der Waals surface area contributed by atoms with Gasteiger partial charge in [0.25, 0.3) is 0 Å². The average Bonchev–Trinajstić information content (AvgIpc) is 3.14. The molecule has 2 atom stereocenters. The van der Waals surface area contributed by atoms with Gasteiger partial charge in [-0.1, -0.05) is 121 Å². The van der Waals surface area contributed by atoms with E-state index >= 15 is 0 Å². The topological polar surface area (TPSA) is 268 Å². The molecule has 0 aliphatic rings. The van der Waals surface area contributed by atoms with Gasteiger partial charge in [0.2, 0.25) is 35.4 Å². The minimum absolute atomic E-state index is 0. The number of benzene rings is 2. The predicted molar refractivity (Wildman–Crippen MR) is 215 cm³/mol. The van der Waals surface area contributed by atoms with E-state index in [9.17, 15) is 38.4 Å². The van der Waals surface area contributed by atoms with Crippen LogP contribution in [0.25, 0.3) is 0 Å². The fourth-order valence-electron chi connectivity index (χ4n) is 3.62. The molecule has 0 aliphatic carbocycles. The number of amides is 6. The zero-order chi connectivity index (χ0) is 38.7. The highest BCUT2D eigenvalue weighted by molar-refractivity contribution is 14.1. The first-order chi connectivity index (χ1) is 24.8. The van der Waals surface area contributed by atoms with E-state index in [0.717, 1.165) is 11.1 Å². The Morgan fingerprint density at radius 1 is 0.519 bits per heavy atom. The van der Waals surface area contributed by atoms with Crippen LogP contribution < -0.4 is 31.9 Å². The van der Waals surface area contributed by atoms with Crippen LogP contribution in [0.3, 0.4) is 0 Å². The molecule has 54 heavy (non-hydrogen) atoms. The van der Waals surface area contributed by atoms with Crippen LogP contribution in [-0.2, 0) is 61.0 Å². The van der Waals surface area contributed by atoms with E-state index in [4.69, 9.17) is 19.7 Å². The summed E-state index contributed by atoms with van der Waals surface area (Å²) < 4.78 is 11.3. The molecule has 0 aromatic heterocycles. The van der Waals surface area contributed by atoms with E-state index in [2.05, 4.69) is 31.9 Å². The van der Waals surface area contributed by atoms with Crippen molar-refractivity contribution < 1.29 is 58.0 Å².